The maximum absolute atomic E-state index is 5.43. The smallest absolute Gasteiger partial charge is 0.0630 e. The molecule has 0 bridgehead atoms. The Morgan fingerprint density at radius 3 is 2.72 bits per heavy atom. The topological polar surface area (TPSA) is 24.5 Å². The lowest BCUT2D eigenvalue weighted by molar-refractivity contribution is 0.0360. The van der Waals surface area contributed by atoms with Crippen LogP contribution in [0.25, 0.3) is 0 Å². The number of hydrogen-bond donors (Lipinski definition) is 1. The third-order valence-corrected chi connectivity index (χ3v) is 3.88. The van der Waals surface area contributed by atoms with Gasteiger partial charge in [-0.1, -0.05) is 33.6 Å². The minimum absolute atomic E-state index is 0.536. The molecule has 0 amide bonds. The van der Waals surface area contributed by atoms with E-state index in [0.717, 1.165) is 19.2 Å². The molecular weight excluding hydrogens is 224 g/mol. The largest absolute Gasteiger partial charge is 0.383 e. The van der Waals surface area contributed by atoms with Crippen molar-refractivity contribution in [2.75, 3.05) is 26.8 Å². The third kappa shape index (κ3) is 5.25. The predicted molar refractivity (Wildman–Crippen MR) is 78.1 cm³/mol. The second-order valence-corrected chi connectivity index (χ2v) is 5.85. The first-order valence-corrected chi connectivity index (χ1v) is 7.67. The fourth-order valence-corrected chi connectivity index (χ4v) is 2.98. The van der Waals surface area contributed by atoms with Crippen LogP contribution in [0.2, 0.25) is 0 Å². The van der Waals surface area contributed by atoms with Gasteiger partial charge in [0.1, 0.15) is 0 Å². The van der Waals surface area contributed by atoms with Crippen molar-refractivity contribution in [3.05, 3.63) is 0 Å². The summed E-state index contributed by atoms with van der Waals surface area (Å²) >= 11 is 0. The van der Waals surface area contributed by atoms with E-state index in [9.17, 15) is 0 Å². The summed E-state index contributed by atoms with van der Waals surface area (Å²) in [5, 5.41) is 3.57. The van der Waals surface area contributed by atoms with Crippen molar-refractivity contribution >= 4 is 0 Å². The molecule has 108 valence electrons. The highest BCUT2D eigenvalue weighted by molar-refractivity contribution is 4.84. The molecule has 1 aliphatic heterocycles. The maximum atomic E-state index is 5.43. The minimum Gasteiger partial charge on any atom is -0.383 e. The molecule has 2 atom stereocenters. The number of methoxy groups -OCH3 is 1. The number of likely N-dealkylation sites (tertiary alicyclic amines) is 1. The fourth-order valence-electron chi connectivity index (χ4n) is 2.98. The second kappa shape index (κ2) is 8.89. The van der Waals surface area contributed by atoms with E-state index < -0.39 is 0 Å². The summed E-state index contributed by atoms with van der Waals surface area (Å²) in [4.78, 5) is 2.70. The molecule has 0 aromatic rings. The monoisotopic (exact) mass is 256 g/mol. The van der Waals surface area contributed by atoms with E-state index in [2.05, 4.69) is 31.0 Å². The summed E-state index contributed by atoms with van der Waals surface area (Å²) in [6.45, 7) is 9.86. The zero-order valence-electron chi connectivity index (χ0n) is 12.7. The number of rotatable bonds is 8. The van der Waals surface area contributed by atoms with Crippen LogP contribution in [0.15, 0.2) is 0 Å². The van der Waals surface area contributed by atoms with Gasteiger partial charge in [0.05, 0.1) is 6.61 Å². The molecular formula is C15H32N2O. The molecule has 0 radical (unpaired) electrons. The van der Waals surface area contributed by atoms with E-state index >= 15 is 0 Å². The Labute approximate surface area is 113 Å². The molecule has 1 saturated heterocycles. The molecule has 0 spiro atoms. The zero-order chi connectivity index (χ0) is 13.4. The van der Waals surface area contributed by atoms with Crippen LogP contribution in [-0.2, 0) is 4.74 Å². The molecule has 1 rings (SSSR count). The molecule has 1 fully saturated rings. The first-order valence-electron chi connectivity index (χ1n) is 7.67. The molecule has 2 unspecified atom stereocenters. The van der Waals surface area contributed by atoms with E-state index in [-0.39, 0.29) is 0 Å². The van der Waals surface area contributed by atoms with Gasteiger partial charge in [0.2, 0.25) is 0 Å². The van der Waals surface area contributed by atoms with Gasteiger partial charge in [-0.2, -0.15) is 0 Å². The standard InChI is InChI=1S/C15H32N2O/c1-5-8-14-9-6-7-10-17(14)15(12-18-4)11-16-13(2)3/h13-16H,5-12H2,1-4H3. The quantitative estimate of drug-likeness (QED) is 0.722. The van der Waals surface area contributed by atoms with Gasteiger partial charge in [-0.05, 0) is 25.8 Å². The molecule has 1 heterocycles. The number of piperidine rings is 1. The molecule has 18 heavy (non-hydrogen) atoms. The van der Waals surface area contributed by atoms with Crippen LogP contribution in [0.5, 0.6) is 0 Å². The average Bonchev–Trinajstić information content (AvgIpc) is 2.35. The van der Waals surface area contributed by atoms with Gasteiger partial charge in [-0.3, -0.25) is 4.90 Å². The normalized spacial score (nSPS) is 23.5. The van der Waals surface area contributed by atoms with Crippen LogP contribution in [0.4, 0.5) is 0 Å². The van der Waals surface area contributed by atoms with Crippen LogP contribution in [-0.4, -0.2) is 49.8 Å². The minimum atomic E-state index is 0.536. The van der Waals surface area contributed by atoms with Crippen molar-refractivity contribution in [3.63, 3.8) is 0 Å². The highest BCUT2D eigenvalue weighted by Crippen LogP contribution is 2.23. The summed E-state index contributed by atoms with van der Waals surface area (Å²) in [6, 6.07) is 1.87. The lowest BCUT2D eigenvalue weighted by atomic mass is 9.96. The first-order chi connectivity index (χ1) is 8.69. The van der Waals surface area contributed by atoms with Crippen LogP contribution >= 0.6 is 0 Å². The summed E-state index contributed by atoms with van der Waals surface area (Å²) in [6.07, 6.45) is 6.75. The molecule has 3 nitrogen and oxygen atoms in total. The van der Waals surface area contributed by atoms with Crippen molar-refractivity contribution in [1.29, 1.82) is 0 Å². The Kier molecular flexibility index (Phi) is 7.87. The lowest BCUT2D eigenvalue weighted by Gasteiger charge is -2.41. The van der Waals surface area contributed by atoms with Crippen LogP contribution in [0, 0.1) is 0 Å². The molecule has 0 aromatic heterocycles. The SMILES string of the molecule is CCCC1CCCCN1C(CNC(C)C)COC. The first kappa shape index (κ1) is 15.9. The van der Waals surface area contributed by atoms with Gasteiger partial charge >= 0.3 is 0 Å². The summed E-state index contributed by atoms with van der Waals surface area (Å²) in [5.41, 5.74) is 0. The lowest BCUT2D eigenvalue weighted by Crippen LogP contribution is -2.52. The van der Waals surface area contributed by atoms with Crippen LogP contribution in [0.3, 0.4) is 0 Å². The van der Waals surface area contributed by atoms with Gasteiger partial charge in [-0.25, -0.2) is 0 Å². The van der Waals surface area contributed by atoms with Crippen molar-refractivity contribution < 1.29 is 4.74 Å². The third-order valence-electron chi connectivity index (χ3n) is 3.88. The Hall–Kier alpha value is -0.120. The van der Waals surface area contributed by atoms with E-state index in [1.54, 1.807) is 0 Å². The van der Waals surface area contributed by atoms with Crippen molar-refractivity contribution in [1.82, 2.24) is 10.2 Å². The van der Waals surface area contributed by atoms with Crippen molar-refractivity contribution in [2.24, 2.45) is 0 Å². The second-order valence-electron chi connectivity index (χ2n) is 5.85. The molecule has 0 aromatic carbocycles. The summed E-state index contributed by atoms with van der Waals surface area (Å²) in [5.74, 6) is 0. The number of nitrogens with zero attached hydrogens (tertiary/aromatic N) is 1. The van der Waals surface area contributed by atoms with Gasteiger partial charge in [0.25, 0.3) is 0 Å². The Morgan fingerprint density at radius 2 is 2.11 bits per heavy atom. The average molecular weight is 256 g/mol. The van der Waals surface area contributed by atoms with Crippen molar-refractivity contribution in [2.45, 2.75) is 71.0 Å². The fraction of sp³-hybridized carbons (Fsp3) is 1.00. The van der Waals surface area contributed by atoms with Gasteiger partial charge in [-0.15, -0.1) is 0 Å². The Balaban J connectivity index is 2.55. The summed E-state index contributed by atoms with van der Waals surface area (Å²) < 4.78 is 5.43. The number of hydrogen-bond acceptors (Lipinski definition) is 3. The van der Waals surface area contributed by atoms with E-state index in [1.807, 2.05) is 7.11 Å². The number of nitrogens with one attached hydrogen (secondary N) is 1. The molecule has 3 heteroatoms. The van der Waals surface area contributed by atoms with E-state index in [4.69, 9.17) is 4.74 Å². The van der Waals surface area contributed by atoms with E-state index in [0.29, 0.717) is 12.1 Å². The van der Waals surface area contributed by atoms with Crippen LogP contribution < -0.4 is 5.32 Å². The van der Waals surface area contributed by atoms with Gasteiger partial charge in [0, 0.05) is 31.8 Å². The van der Waals surface area contributed by atoms with Gasteiger partial charge in [0.15, 0.2) is 0 Å². The van der Waals surface area contributed by atoms with Crippen LogP contribution in [0.1, 0.15) is 52.9 Å². The molecule has 0 saturated carbocycles. The summed E-state index contributed by atoms with van der Waals surface area (Å²) in [7, 11) is 1.82. The van der Waals surface area contributed by atoms with Gasteiger partial charge < -0.3 is 10.1 Å². The Morgan fingerprint density at radius 1 is 1.33 bits per heavy atom. The number of ether oxygens (including phenoxy) is 1. The molecule has 1 N–H and O–H groups in total. The highest BCUT2D eigenvalue weighted by atomic mass is 16.5. The molecule has 0 aliphatic carbocycles. The maximum Gasteiger partial charge on any atom is 0.0630 e. The Bertz CT molecular complexity index is 207. The van der Waals surface area contributed by atoms with Crippen molar-refractivity contribution in [3.8, 4) is 0 Å². The zero-order valence-corrected chi connectivity index (χ0v) is 12.7. The molecule has 1 aliphatic rings. The highest BCUT2D eigenvalue weighted by Gasteiger charge is 2.28. The predicted octanol–water partition coefficient (Wildman–Crippen LogP) is 2.65. The van der Waals surface area contributed by atoms with E-state index in [1.165, 1.54) is 38.6 Å².